The van der Waals surface area contributed by atoms with Gasteiger partial charge in [-0.25, -0.2) is 4.98 Å². The fourth-order valence-electron chi connectivity index (χ4n) is 2.58. The second-order valence-electron chi connectivity index (χ2n) is 5.31. The predicted molar refractivity (Wildman–Crippen MR) is 76.2 cm³/mol. The first-order valence-corrected chi connectivity index (χ1v) is 6.64. The van der Waals surface area contributed by atoms with E-state index in [1.807, 2.05) is 19.0 Å². The minimum absolute atomic E-state index is 0.0713. The van der Waals surface area contributed by atoms with Crippen LogP contribution in [-0.2, 0) is 0 Å². The normalized spacial score (nSPS) is 23.1. The first-order chi connectivity index (χ1) is 8.90. The predicted octanol–water partition coefficient (Wildman–Crippen LogP) is 1.34. The number of rotatable bonds is 2. The smallest absolute Gasteiger partial charge is 0.256 e. The van der Waals surface area contributed by atoms with Crippen molar-refractivity contribution in [2.24, 2.45) is 5.92 Å². The third kappa shape index (κ3) is 2.82. The summed E-state index contributed by atoms with van der Waals surface area (Å²) in [6.07, 6.45) is 1.43. The van der Waals surface area contributed by atoms with Crippen molar-refractivity contribution >= 4 is 23.2 Å². The number of hydrogen-bond acceptors (Lipinski definition) is 4. The highest BCUT2D eigenvalue weighted by Gasteiger charge is 2.34. The molecule has 0 aliphatic carbocycles. The van der Waals surface area contributed by atoms with Crippen LogP contribution in [-0.4, -0.2) is 53.9 Å². The number of carbonyl (C=O) groups excluding carboxylic acids is 1. The lowest BCUT2D eigenvalue weighted by molar-refractivity contribution is 0.0782. The molecule has 0 aromatic carbocycles. The van der Waals surface area contributed by atoms with Gasteiger partial charge in [-0.1, -0.05) is 18.5 Å². The largest absolute Gasteiger partial charge is 0.397 e. The minimum Gasteiger partial charge on any atom is -0.397 e. The maximum absolute atomic E-state index is 12.5. The van der Waals surface area contributed by atoms with Crippen LogP contribution in [0.3, 0.4) is 0 Å². The second kappa shape index (κ2) is 5.35. The van der Waals surface area contributed by atoms with Gasteiger partial charge in [-0.15, -0.1) is 0 Å². The van der Waals surface area contributed by atoms with Gasteiger partial charge in [0, 0.05) is 19.1 Å². The fraction of sp³-hybridized carbons (Fsp3) is 0.538. The lowest BCUT2D eigenvalue weighted by Gasteiger charge is -2.22. The van der Waals surface area contributed by atoms with Gasteiger partial charge in [0.1, 0.15) is 5.15 Å². The quantitative estimate of drug-likeness (QED) is 0.832. The Morgan fingerprint density at radius 2 is 2.21 bits per heavy atom. The van der Waals surface area contributed by atoms with E-state index < -0.39 is 0 Å². The molecule has 104 valence electrons. The van der Waals surface area contributed by atoms with Gasteiger partial charge in [0.15, 0.2) is 0 Å². The SMILES string of the molecule is CC1CN(C(=O)c2cc(Cl)ncc2N)CC1N(C)C. The van der Waals surface area contributed by atoms with Crippen LogP contribution >= 0.6 is 11.6 Å². The molecule has 1 aliphatic heterocycles. The van der Waals surface area contributed by atoms with E-state index in [-0.39, 0.29) is 11.1 Å². The molecule has 2 heterocycles. The number of carbonyl (C=O) groups is 1. The molecule has 6 heteroatoms. The van der Waals surface area contributed by atoms with Crippen LogP contribution in [0.4, 0.5) is 5.69 Å². The molecule has 1 amide bonds. The summed E-state index contributed by atoms with van der Waals surface area (Å²) in [7, 11) is 4.07. The van der Waals surface area contributed by atoms with E-state index in [4.69, 9.17) is 17.3 Å². The molecular formula is C13H19ClN4O. The van der Waals surface area contributed by atoms with Gasteiger partial charge < -0.3 is 15.5 Å². The zero-order valence-electron chi connectivity index (χ0n) is 11.4. The van der Waals surface area contributed by atoms with Gasteiger partial charge in [0.2, 0.25) is 0 Å². The van der Waals surface area contributed by atoms with Gasteiger partial charge >= 0.3 is 0 Å². The second-order valence-corrected chi connectivity index (χ2v) is 5.70. The van der Waals surface area contributed by atoms with Crippen LogP contribution in [0.25, 0.3) is 0 Å². The topological polar surface area (TPSA) is 62.5 Å². The summed E-state index contributed by atoms with van der Waals surface area (Å²) >= 11 is 5.83. The lowest BCUT2D eigenvalue weighted by atomic mass is 10.1. The number of halogens is 1. The summed E-state index contributed by atoms with van der Waals surface area (Å²) < 4.78 is 0. The summed E-state index contributed by atoms with van der Waals surface area (Å²) in [5.74, 6) is 0.371. The molecular weight excluding hydrogens is 264 g/mol. The van der Waals surface area contributed by atoms with E-state index in [0.29, 0.717) is 29.8 Å². The maximum atomic E-state index is 12.5. The molecule has 1 fully saturated rings. The van der Waals surface area contributed by atoms with Crippen molar-refractivity contribution in [3.63, 3.8) is 0 Å². The van der Waals surface area contributed by atoms with Crippen LogP contribution in [0.15, 0.2) is 12.3 Å². The van der Waals surface area contributed by atoms with Crippen molar-refractivity contribution in [3.05, 3.63) is 23.0 Å². The van der Waals surface area contributed by atoms with Crippen LogP contribution in [0.2, 0.25) is 5.15 Å². The number of nitrogen functional groups attached to an aromatic ring is 1. The molecule has 1 aliphatic rings. The summed E-state index contributed by atoms with van der Waals surface area (Å²) in [6, 6.07) is 1.91. The Morgan fingerprint density at radius 1 is 1.53 bits per heavy atom. The van der Waals surface area contributed by atoms with E-state index in [2.05, 4.69) is 16.8 Å². The molecule has 0 saturated carbocycles. The molecule has 5 nitrogen and oxygen atoms in total. The molecule has 2 N–H and O–H groups in total. The van der Waals surface area contributed by atoms with Crippen molar-refractivity contribution in [2.75, 3.05) is 32.9 Å². The van der Waals surface area contributed by atoms with Crippen molar-refractivity contribution in [1.29, 1.82) is 0 Å². The van der Waals surface area contributed by atoms with Crippen LogP contribution in [0.1, 0.15) is 17.3 Å². The first-order valence-electron chi connectivity index (χ1n) is 6.27. The Kier molecular flexibility index (Phi) is 3.96. The number of nitrogens with zero attached hydrogens (tertiary/aromatic N) is 3. The van der Waals surface area contributed by atoms with E-state index in [0.717, 1.165) is 6.54 Å². The van der Waals surface area contributed by atoms with Crippen LogP contribution in [0.5, 0.6) is 0 Å². The Hall–Kier alpha value is -1.33. The summed E-state index contributed by atoms with van der Waals surface area (Å²) in [5, 5.41) is 0.286. The zero-order chi connectivity index (χ0) is 14.2. The molecule has 19 heavy (non-hydrogen) atoms. The Morgan fingerprint density at radius 3 is 2.79 bits per heavy atom. The minimum atomic E-state index is -0.0713. The Bertz CT molecular complexity index is 492. The molecule has 0 radical (unpaired) electrons. The van der Waals surface area contributed by atoms with Crippen LogP contribution < -0.4 is 5.73 Å². The Labute approximate surface area is 118 Å². The number of anilines is 1. The monoisotopic (exact) mass is 282 g/mol. The van der Waals surface area contributed by atoms with Gasteiger partial charge in [-0.05, 0) is 26.1 Å². The molecule has 0 bridgehead atoms. The molecule has 1 aromatic heterocycles. The summed E-state index contributed by atoms with van der Waals surface area (Å²) in [6.45, 7) is 3.61. The molecule has 2 unspecified atom stereocenters. The highest BCUT2D eigenvalue weighted by atomic mass is 35.5. The van der Waals surface area contributed by atoms with Crippen molar-refractivity contribution in [1.82, 2.24) is 14.8 Å². The van der Waals surface area contributed by atoms with Crippen molar-refractivity contribution < 1.29 is 4.79 Å². The summed E-state index contributed by atoms with van der Waals surface area (Å²) in [4.78, 5) is 20.3. The van der Waals surface area contributed by atoms with Gasteiger partial charge in [-0.3, -0.25) is 4.79 Å². The van der Waals surface area contributed by atoms with Gasteiger partial charge in [-0.2, -0.15) is 0 Å². The maximum Gasteiger partial charge on any atom is 0.256 e. The summed E-state index contributed by atoms with van der Waals surface area (Å²) in [5.41, 5.74) is 6.62. The van der Waals surface area contributed by atoms with Crippen LogP contribution in [0, 0.1) is 5.92 Å². The van der Waals surface area contributed by atoms with Gasteiger partial charge in [0.05, 0.1) is 17.4 Å². The third-order valence-corrected chi connectivity index (χ3v) is 3.86. The molecule has 1 aromatic rings. The lowest BCUT2D eigenvalue weighted by Crippen LogP contribution is -2.36. The van der Waals surface area contributed by atoms with Crippen molar-refractivity contribution in [2.45, 2.75) is 13.0 Å². The molecule has 1 saturated heterocycles. The highest BCUT2D eigenvalue weighted by molar-refractivity contribution is 6.29. The van der Waals surface area contributed by atoms with E-state index >= 15 is 0 Å². The average Bonchev–Trinajstić information content (AvgIpc) is 2.74. The number of hydrogen-bond donors (Lipinski definition) is 1. The molecule has 0 spiro atoms. The zero-order valence-corrected chi connectivity index (χ0v) is 12.2. The Balaban J connectivity index is 2.19. The van der Waals surface area contributed by atoms with Crippen molar-refractivity contribution in [3.8, 4) is 0 Å². The first kappa shape index (κ1) is 14.1. The number of amides is 1. The number of likely N-dealkylation sites (tertiary alicyclic amines) is 1. The number of likely N-dealkylation sites (N-methyl/N-ethyl adjacent to an activating group) is 1. The molecule has 2 atom stereocenters. The highest BCUT2D eigenvalue weighted by Crippen LogP contribution is 2.24. The molecule has 2 rings (SSSR count). The van der Waals surface area contributed by atoms with E-state index in [1.165, 1.54) is 12.3 Å². The average molecular weight is 283 g/mol. The standard InChI is InChI=1S/C13H19ClN4O/c1-8-6-18(7-11(8)17(2)3)13(19)9-4-12(14)16-5-10(9)15/h4-5,8,11H,6-7,15H2,1-3H3. The van der Waals surface area contributed by atoms with Gasteiger partial charge in [0.25, 0.3) is 5.91 Å². The fourth-order valence-corrected chi connectivity index (χ4v) is 2.74. The van der Waals surface area contributed by atoms with E-state index in [1.54, 1.807) is 0 Å². The number of aromatic nitrogens is 1. The number of nitrogens with two attached hydrogens (primary N) is 1. The van der Waals surface area contributed by atoms with E-state index in [9.17, 15) is 4.79 Å². The number of pyridine rings is 1. The third-order valence-electron chi connectivity index (χ3n) is 3.65.